The molecule has 0 aliphatic heterocycles. The van der Waals surface area contributed by atoms with Gasteiger partial charge in [0.15, 0.2) is 0 Å². The summed E-state index contributed by atoms with van der Waals surface area (Å²) >= 11 is 4.95. The van der Waals surface area contributed by atoms with Gasteiger partial charge in [-0.15, -0.1) is 0 Å². The van der Waals surface area contributed by atoms with Gasteiger partial charge in [-0.25, -0.2) is 0 Å². The van der Waals surface area contributed by atoms with Crippen LogP contribution >= 0.6 is 12.2 Å². The van der Waals surface area contributed by atoms with Gasteiger partial charge in [-0.05, 0) is 33.0 Å². The van der Waals surface area contributed by atoms with Crippen LogP contribution in [0, 0.1) is 0 Å². The summed E-state index contributed by atoms with van der Waals surface area (Å²) in [5.41, 5.74) is -0.319. The zero-order chi connectivity index (χ0) is 10.6. The molecular weight excluding hydrogens is 186 g/mol. The Bertz CT molecular complexity index is 192. The van der Waals surface area contributed by atoms with E-state index in [-0.39, 0.29) is 16.6 Å². The van der Waals surface area contributed by atoms with Gasteiger partial charge in [-0.2, -0.15) is 0 Å². The van der Waals surface area contributed by atoms with Gasteiger partial charge in [0.2, 0.25) is 5.91 Å². The number of rotatable bonds is 1. The number of nitrogens with zero attached hydrogens (tertiary/aromatic N) is 1. The minimum Gasteiger partial charge on any atom is -0.474 e. The fourth-order valence-electron chi connectivity index (χ4n) is 0.999. The van der Waals surface area contributed by atoms with Gasteiger partial charge in [0.25, 0.3) is 5.17 Å². The molecule has 4 heteroatoms. The summed E-state index contributed by atoms with van der Waals surface area (Å²) < 4.78 is 4.90. The quantitative estimate of drug-likeness (QED) is 0.610. The Morgan fingerprint density at radius 3 is 2.15 bits per heavy atom. The van der Waals surface area contributed by atoms with Crippen LogP contribution < -0.4 is 0 Å². The Balaban J connectivity index is 4.76. The summed E-state index contributed by atoms with van der Waals surface area (Å²) in [6.07, 6.45) is 0.431. The number of ether oxygens (including phenoxy) is 1. The van der Waals surface area contributed by atoms with E-state index in [1.807, 2.05) is 20.8 Å². The Labute approximate surface area is 85.1 Å². The third-order valence-corrected chi connectivity index (χ3v) is 1.93. The third kappa shape index (κ3) is 3.30. The summed E-state index contributed by atoms with van der Waals surface area (Å²) in [5.74, 6) is -0.0145. The molecule has 0 heterocycles. The van der Waals surface area contributed by atoms with E-state index >= 15 is 0 Å². The number of carbonyl (C=O) groups excluding carboxylic acids is 1. The molecule has 0 aromatic heterocycles. The lowest BCUT2D eigenvalue weighted by Gasteiger charge is -2.34. The first-order valence-electron chi connectivity index (χ1n) is 4.25. The van der Waals surface area contributed by atoms with Crippen molar-refractivity contribution >= 4 is 23.3 Å². The molecule has 0 unspecified atom stereocenters. The van der Waals surface area contributed by atoms with Crippen molar-refractivity contribution in [2.45, 2.75) is 39.7 Å². The fourth-order valence-corrected chi connectivity index (χ4v) is 1.37. The highest BCUT2D eigenvalue weighted by molar-refractivity contribution is 7.80. The molecule has 76 valence electrons. The number of hydrogen-bond acceptors (Lipinski definition) is 3. The first-order valence-corrected chi connectivity index (χ1v) is 4.66. The van der Waals surface area contributed by atoms with E-state index in [2.05, 4.69) is 0 Å². The Kier molecular flexibility index (Phi) is 4.33. The molecule has 0 aromatic rings. The Morgan fingerprint density at radius 2 is 1.92 bits per heavy atom. The van der Waals surface area contributed by atoms with E-state index < -0.39 is 0 Å². The molecule has 0 radical (unpaired) electrons. The minimum atomic E-state index is -0.319. The zero-order valence-electron chi connectivity index (χ0n) is 8.88. The fraction of sp³-hybridized carbons (Fsp3) is 0.778. The van der Waals surface area contributed by atoms with E-state index in [0.29, 0.717) is 6.42 Å². The summed E-state index contributed by atoms with van der Waals surface area (Å²) in [4.78, 5) is 13.0. The summed E-state index contributed by atoms with van der Waals surface area (Å²) in [6.45, 7) is 7.57. The molecular formula is C9H17NO2S. The second-order valence-corrected chi connectivity index (χ2v) is 4.07. The largest absolute Gasteiger partial charge is 0.474 e. The molecule has 0 fully saturated rings. The molecule has 3 nitrogen and oxygen atoms in total. The van der Waals surface area contributed by atoms with Crippen molar-refractivity contribution < 1.29 is 9.53 Å². The molecule has 0 spiro atoms. The number of methoxy groups -OCH3 is 1. The average molecular weight is 203 g/mol. The van der Waals surface area contributed by atoms with Crippen LogP contribution in [-0.4, -0.2) is 28.6 Å². The van der Waals surface area contributed by atoms with E-state index in [1.165, 1.54) is 12.0 Å². The van der Waals surface area contributed by atoms with Crippen LogP contribution in [0.15, 0.2) is 0 Å². The lowest BCUT2D eigenvalue weighted by atomic mass is 10.1. The van der Waals surface area contributed by atoms with E-state index in [1.54, 1.807) is 6.92 Å². The molecule has 0 saturated heterocycles. The molecule has 0 atom stereocenters. The average Bonchev–Trinajstić information content (AvgIpc) is 2.01. The van der Waals surface area contributed by atoms with Crippen molar-refractivity contribution in [3.63, 3.8) is 0 Å². The van der Waals surface area contributed by atoms with Crippen molar-refractivity contribution in [3.05, 3.63) is 0 Å². The molecule has 0 N–H and O–H groups in total. The van der Waals surface area contributed by atoms with Gasteiger partial charge < -0.3 is 4.74 Å². The minimum absolute atomic E-state index is 0.0145. The second kappa shape index (κ2) is 4.56. The van der Waals surface area contributed by atoms with Crippen LogP contribution in [0.4, 0.5) is 0 Å². The number of amides is 1. The van der Waals surface area contributed by atoms with E-state index in [4.69, 9.17) is 17.0 Å². The second-order valence-electron chi connectivity index (χ2n) is 3.72. The maximum Gasteiger partial charge on any atom is 0.266 e. The van der Waals surface area contributed by atoms with Gasteiger partial charge in [0.1, 0.15) is 0 Å². The first kappa shape index (κ1) is 12.4. The van der Waals surface area contributed by atoms with Crippen LogP contribution in [-0.2, 0) is 9.53 Å². The number of hydrogen-bond donors (Lipinski definition) is 0. The maximum atomic E-state index is 11.5. The monoisotopic (exact) mass is 203 g/mol. The van der Waals surface area contributed by atoms with Gasteiger partial charge in [0.05, 0.1) is 7.11 Å². The number of thiocarbonyl (C=S) groups is 1. The summed E-state index contributed by atoms with van der Waals surface area (Å²) in [5, 5.41) is 0.236. The molecule has 0 rings (SSSR count). The van der Waals surface area contributed by atoms with Crippen LogP contribution in [0.1, 0.15) is 34.1 Å². The van der Waals surface area contributed by atoms with Crippen molar-refractivity contribution in [1.29, 1.82) is 0 Å². The van der Waals surface area contributed by atoms with E-state index in [0.717, 1.165) is 0 Å². The molecule has 1 amide bonds. The topological polar surface area (TPSA) is 29.5 Å². The molecule has 0 saturated carbocycles. The Hall–Kier alpha value is -0.640. The highest BCUT2D eigenvalue weighted by atomic mass is 32.1. The lowest BCUT2D eigenvalue weighted by Crippen LogP contribution is -2.49. The molecule has 0 aromatic carbocycles. The highest BCUT2D eigenvalue weighted by Crippen LogP contribution is 2.15. The zero-order valence-corrected chi connectivity index (χ0v) is 9.70. The van der Waals surface area contributed by atoms with Crippen LogP contribution in [0.25, 0.3) is 0 Å². The molecule has 0 aliphatic carbocycles. The number of carbonyl (C=O) groups is 1. The lowest BCUT2D eigenvalue weighted by molar-refractivity contribution is -0.131. The van der Waals surface area contributed by atoms with Crippen LogP contribution in [0.2, 0.25) is 0 Å². The molecule has 0 aliphatic rings. The standard InChI is InChI=1S/C9H17NO2S/c1-6-7(11)10(8(13)12-5)9(2,3)4/h6H2,1-5H3. The molecule has 0 bridgehead atoms. The summed E-state index contributed by atoms with van der Waals surface area (Å²) in [6, 6.07) is 0. The third-order valence-electron chi connectivity index (χ3n) is 1.58. The highest BCUT2D eigenvalue weighted by Gasteiger charge is 2.29. The van der Waals surface area contributed by atoms with Gasteiger partial charge >= 0.3 is 0 Å². The summed E-state index contributed by atoms with van der Waals surface area (Å²) in [7, 11) is 1.48. The maximum absolute atomic E-state index is 11.5. The van der Waals surface area contributed by atoms with E-state index in [9.17, 15) is 4.79 Å². The smallest absolute Gasteiger partial charge is 0.266 e. The first-order chi connectivity index (χ1) is 5.84. The van der Waals surface area contributed by atoms with Gasteiger partial charge in [-0.3, -0.25) is 9.69 Å². The van der Waals surface area contributed by atoms with Crippen LogP contribution in [0.3, 0.4) is 0 Å². The normalized spacial score (nSPS) is 10.8. The Morgan fingerprint density at radius 1 is 1.46 bits per heavy atom. The predicted molar refractivity (Wildman–Crippen MR) is 56.5 cm³/mol. The predicted octanol–water partition coefficient (Wildman–Crippen LogP) is 1.95. The molecule has 13 heavy (non-hydrogen) atoms. The van der Waals surface area contributed by atoms with Crippen molar-refractivity contribution in [1.82, 2.24) is 4.90 Å². The van der Waals surface area contributed by atoms with Crippen molar-refractivity contribution in [2.24, 2.45) is 0 Å². The van der Waals surface area contributed by atoms with Crippen molar-refractivity contribution in [3.8, 4) is 0 Å². The van der Waals surface area contributed by atoms with Gasteiger partial charge in [0, 0.05) is 12.0 Å². The van der Waals surface area contributed by atoms with Gasteiger partial charge in [-0.1, -0.05) is 6.92 Å². The van der Waals surface area contributed by atoms with Crippen LogP contribution in [0.5, 0.6) is 0 Å². The van der Waals surface area contributed by atoms with Crippen molar-refractivity contribution in [2.75, 3.05) is 7.11 Å². The SMILES string of the molecule is CCC(=O)N(C(=S)OC)C(C)(C)C.